The first kappa shape index (κ1) is 24.5. The third kappa shape index (κ3) is 7.19. The van der Waals surface area contributed by atoms with Gasteiger partial charge in [-0.05, 0) is 82.4 Å². The molecule has 32 heavy (non-hydrogen) atoms. The zero-order chi connectivity index (χ0) is 22.9. The van der Waals surface area contributed by atoms with Gasteiger partial charge in [-0.1, -0.05) is 19.9 Å². The van der Waals surface area contributed by atoms with Crippen LogP contribution in [0.15, 0.2) is 12.1 Å². The number of carboxylic acids is 1. The van der Waals surface area contributed by atoms with Gasteiger partial charge >= 0.3 is 5.97 Å². The number of aliphatic carboxylic acids is 1. The third-order valence-electron chi connectivity index (χ3n) is 6.82. The number of carbonyl (C=O) groups excluding carboxylic acids is 1. The molecule has 0 bridgehead atoms. The van der Waals surface area contributed by atoms with Crippen molar-refractivity contribution in [3.05, 3.63) is 23.4 Å². The average Bonchev–Trinajstić information content (AvgIpc) is 3.63. The number of hydrogen-bond acceptors (Lipinski definition) is 5. The lowest BCUT2D eigenvalue weighted by molar-refractivity contribution is -0.142. The molecule has 0 aromatic carbocycles. The fraction of sp³-hybridized carbons (Fsp3) is 0.720. The van der Waals surface area contributed by atoms with Crippen LogP contribution < -0.4 is 10.6 Å². The summed E-state index contributed by atoms with van der Waals surface area (Å²) >= 11 is 0. The molecule has 1 amide bonds. The van der Waals surface area contributed by atoms with Crippen LogP contribution in [0, 0.1) is 5.92 Å². The van der Waals surface area contributed by atoms with Gasteiger partial charge in [0.25, 0.3) is 0 Å². The van der Waals surface area contributed by atoms with Crippen LogP contribution >= 0.6 is 0 Å². The maximum Gasteiger partial charge on any atom is 0.326 e. The second-order valence-electron chi connectivity index (χ2n) is 9.27. The number of aryl methyl sites for hydroxylation is 2. The number of carbonyl (C=O) groups is 2. The molecule has 2 aliphatic rings. The van der Waals surface area contributed by atoms with Crippen LogP contribution in [-0.2, 0) is 22.4 Å². The number of fused-ring (bicyclic) bond motifs is 1. The average molecular weight is 445 g/mol. The summed E-state index contributed by atoms with van der Waals surface area (Å²) in [7, 11) is 0. The molecular weight excluding hydrogens is 404 g/mol. The minimum Gasteiger partial charge on any atom is -0.480 e. The number of unbranched alkanes of at least 4 members (excludes halogenated alkanes) is 1. The Morgan fingerprint density at radius 3 is 2.69 bits per heavy atom. The summed E-state index contributed by atoms with van der Waals surface area (Å²) in [5.41, 5.74) is 2.47. The fourth-order valence-corrected chi connectivity index (χ4v) is 4.55. The molecule has 1 fully saturated rings. The Balaban J connectivity index is 1.43. The van der Waals surface area contributed by atoms with Crippen molar-refractivity contribution in [3.8, 4) is 0 Å². The first-order valence-corrected chi connectivity index (χ1v) is 12.5. The van der Waals surface area contributed by atoms with Gasteiger partial charge in [-0.25, -0.2) is 9.78 Å². The molecule has 3 N–H and O–H groups in total. The summed E-state index contributed by atoms with van der Waals surface area (Å²) in [6, 6.07) is 4.13. The van der Waals surface area contributed by atoms with E-state index < -0.39 is 12.0 Å². The van der Waals surface area contributed by atoms with Crippen molar-refractivity contribution >= 4 is 17.7 Å². The molecule has 1 aromatic rings. The highest BCUT2D eigenvalue weighted by molar-refractivity contribution is 5.84. The molecule has 178 valence electrons. The van der Waals surface area contributed by atoms with Gasteiger partial charge in [0, 0.05) is 30.7 Å². The normalized spacial score (nSPS) is 16.5. The SMILES string of the molecule is CCC(CC)C(=O)N[C@@H](CCN(CCCCc1ccc2c(n1)NCCC2)C1CC1)C(=O)O. The van der Waals surface area contributed by atoms with Gasteiger partial charge in [-0.15, -0.1) is 0 Å². The molecule has 1 aliphatic heterocycles. The van der Waals surface area contributed by atoms with Gasteiger partial charge in [0.15, 0.2) is 0 Å². The lowest BCUT2D eigenvalue weighted by atomic mass is 10.0. The van der Waals surface area contributed by atoms with Crippen molar-refractivity contribution in [2.24, 2.45) is 5.92 Å². The van der Waals surface area contributed by atoms with Gasteiger partial charge in [-0.3, -0.25) is 4.79 Å². The van der Waals surface area contributed by atoms with Crippen molar-refractivity contribution in [2.75, 3.05) is 25.0 Å². The quantitative estimate of drug-likeness (QED) is 0.380. The largest absolute Gasteiger partial charge is 0.480 e. The van der Waals surface area contributed by atoms with E-state index in [4.69, 9.17) is 4.98 Å². The van der Waals surface area contributed by atoms with Gasteiger partial charge in [0.1, 0.15) is 11.9 Å². The van der Waals surface area contributed by atoms with Gasteiger partial charge in [0.05, 0.1) is 0 Å². The van der Waals surface area contributed by atoms with Crippen molar-refractivity contribution in [1.82, 2.24) is 15.2 Å². The van der Waals surface area contributed by atoms with Crippen LogP contribution in [0.2, 0.25) is 0 Å². The molecule has 2 heterocycles. The topological polar surface area (TPSA) is 94.6 Å². The van der Waals surface area contributed by atoms with Crippen LogP contribution in [0.4, 0.5) is 5.82 Å². The van der Waals surface area contributed by atoms with E-state index in [1.807, 2.05) is 13.8 Å². The Morgan fingerprint density at radius 1 is 1.22 bits per heavy atom. The first-order chi connectivity index (χ1) is 15.5. The first-order valence-electron chi connectivity index (χ1n) is 12.5. The van der Waals surface area contributed by atoms with E-state index >= 15 is 0 Å². The molecule has 0 saturated heterocycles. The monoisotopic (exact) mass is 444 g/mol. The number of amides is 1. The number of nitrogens with one attached hydrogen (secondary N) is 2. The summed E-state index contributed by atoms with van der Waals surface area (Å²) in [5.74, 6) is -0.119. The van der Waals surface area contributed by atoms with Crippen LogP contribution in [0.25, 0.3) is 0 Å². The van der Waals surface area contributed by atoms with E-state index in [2.05, 4.69) is 27.7 Å². The predicted octanol–water partition coefficient (Wildman–Crippen LogP) is 3.62. The van der Waals surface area contributed by atoms with Crippen molar-refractivity contribution < 1.29 is 14.7 Å². The molecule has 1 aromatic heterocycles. The predicted molar refractivity (Wildman–Crippen MR) is 127 cm³/mol. The van der Waals surface area contributed by atoms with Gasteiger partial charge < -0.3 is 20.6 Å². The number of carboxylic acid groups (broad SMARTS) is 1. The molecule has 1 atom stereocenters. The number of nitrogens with zero attached hydrogens (tertiary/aromatic N) is 2. The summed E-state index contributed by atoms with van der Waals surface area (Å²) in [6.45, 7) is 6.63. The molecule has 0 unspecified atom stereocenters. The number of aromatic nitrogens is 1. The molecule has 3 rings (SSSR count). The maximum atomic E-state index is 12.3. The Kier molecular flexibility index (Phi) is 9.33. The number of hydrogen-bond donors (Lipinski definition) is 3. The summed E-state index contributed by atoms with van der Waals surface area (Å²) in [5, 5.41) is 15.8. The molecule has 0 radical (unpaired) electrons. The third-order valence-corrected chi connectivity index (χ3v) is 6.82. The second kappa shape index (κ2) is 12.2. The van der Waals surface area contributed by atoms with E-state index in [1.165, 1.54) is 24.8 Å². The van der Waals surface area contributed by atoms with Crippen LogP contribution in [0.3, 0.4) is 0 Å². The Bertz CT molecular complexity index is 762. The molecule has 0 spiro atoms. The minimum absolute atomic E-state index is 0.108. The summed E-state index contributed by atoms with van der Waals surface area (Å²) in [4.78, 5) is 31.3. The Morgan fingerprint density at radius 2 is 2.00 bits per heavy atom. The van der Waals surface area contributed by atoms with E-state index in [9.17, 15) is 14.7 Å². The second-order valence-corrected chi connectivity index (χ2v) is 9.27. The van der Waals surface area contributed by atoms with Crippen molar-refractivity contribution in [1.29, 1.82) is 0 Å². The van der Waals surface area contributed by atoms with E-state index in [0.29, 0.717) is 19.0 Å². The maximum absolute atomic E-state index is 12.3. The highest BCUT2D eigenvalue weighted by atomic mass is 16.4. The van der Waals surface area contributed by atoms with E-state index in [0.717, 1.165) is 63.1 Å². The fourth-order valence-electron chi connectivity index (χ4n) is 4.55. The number of anilines is 1. The smallest absolute Gasteiger partial charge is 0.326 e. The van der Waals surface area contributed by atoms with Crippen LogP contribution in [0.1, 0.15) is 76.5 Å². The van der Waals surface area contributed by atoms with Crippen molar-refractivity contribution in [2.45, 2.75) is 90.1 Å². The highest BCUT2D eigenvalue weighted by Crippen LogP contribution is 2.27. The molecular formula is C25H40N4O3. The summed E-state index contributed by atoms with van der Waals surface area (Å²) < 4.78 is 0. The van der Waals surface area contributed by atoms with Gasteiger partial charge in [0.2, 0.25) is 5.91 Å². The number of pyridine rings is 1. The van der Waals surface area contributed by atoms with Crippen molar-refractivity contribution in [3.63, 3.8) is 0 Å². The Hall–Kier alpha value is -2.15. The zero-order valence-corrected chi connectivity index (χ0v) is 19.7. The molecule has 1 aliphatic carbocycles. The standard InChI is InChI=1S/C25H40N4O3/c1-3-18(4-2)24(30)28-22(25(31)32)14-17-29(21-12-13-21)16-6-5-9-20-11-10-19-8-7-15-26-23(19)27-20/h10-11,18,21-22H,3-9,12-17H2,1-2H3,(H,26,27)(H,28,30)(H,31,32)/t22-/m0/s1. The Labute approximate surface area is 192 Å². The number of rotatable bonds is 14. The highest BCUT2D eigenvalue weighted by Gasteiger charge is 2.30. The van der Waals surface area contributed by atoms with Crippen LogP contribution in [-0.4, -0.2) is 58.6 Å². The zero-order valence-electron chi connectivity index (χ0n) is 19.7. The van der Waals surface area contributed by atoms with E-state index in [1.54, 1.807) is 0 Å². The lowest BCUT2D eigenvalue weighted by Gasteiger charge is -2.25. The molecule has 7 nitrogen and oxygen atoms in total. The minimum atomic E-state index is -0.938. The molecule has 7 heteroatoms. The van der Waals surface area contributed by atoms with Crippen LogP contribution in [0.5, 0.6) is 0 Å². The van der Waals surface area contributed by atoms with E-state index in [-0.39, 0.29) is 11.8 Å². The summed E-state index contributed by atoms with van der Waals surface area (Å²) in [6.07, 6.45) is 9.70. The lowest BCUT2D eigenvalue weighted by Crippen LogP contribution is -2.45. The molecule has 1 saturated carbocycles. The van der Waals surface area contributed by atoms with Gasteiger partial charge in [-0.2, -0.15) is 0 Å².